The summed E-state index contributed by atoms with van der Waals surface area (Å²) in [6.07, 6.45) is 0. The summed E-state index contributed by atoms with van der Waals surface area (Å²) in [4.78, 5) is 10.8. The molecule has 0 fully saturated rings. The zero-order valence-corrected chi connectivity index (χ0v) is 27.2. The number of nitrogens with zero attached hydrogens (tertiary/aromatic N) is 4. The van der Waals surface area contributed by atoms with Gasteiger partial charge in [0.2, 0.25) is 5.95 Å². The smallest absolute Gasteiger partial charge is 0.236 e. The molecule has 0 aliphatic rings. The first kappa shape index (κ1) is 26.9. The van der Waals surface area contributed by atoms with Crippen LogP contribution in [0.25, 0.3) is 110 Å². The summed E-state index contributed by atoms with van der Waals surface area (Å²) in [6, 6.07) is 55.7. The molecule has 12 rings (SSSR count). The van der Waals surface area contributed by atoms with Gasteiger partial charge in [0.15, 0.2) is 5.58 Å². The van der Waals surface area contributed by atoms with Crippen molar-refractivity contribution in [3.05, 3.63) is 158 Å². The summed E-state index contributed by atoms with van der Waals surface area (Å²) >= 11 is 0. The van der Waals surface area contributed by atoms with Gasteiger partial charge in [0, 0.05) is 43.3 Å². The van der Waals surface area contributed by atoms with E-state index in [4.69, 9.17) is 14.4 Å². The van der Waals surface area contributed by atoms with Gasteiger partial charge in [-0.3, -0.25) is 4.57 Å². The summed E-state index contributed by atoms with van der Waals surface area (Å²) in [6.45, 7) is 0. The van der Waals surface area contributed by atoms with Gasteiger partial charge in [-0.25, -0.2) is 9.97 Å². The molecule has 0 aliphatic carbocycles. The van der Waals surface area contributed by atoms with Crippen LogP contribution in [0, 0.1) is 0 Å². The minimum absolute atomic E-state index is 0.615. The van der Waals surface area contributed by atoms with Crippen molar-refractivity contribution in [3.63, 3.8) is 0 Å². The van der Waals surface area contributed by atoms with Crippen molar-refractivity contribution in [3.8, 4) is 28.3 Å². The summed E-state index contributed by atoms with van der Waals surface area (Å²) < 4.78 is 11.2. The Bertz CT molecular complexity index is 3350. The fourth-order valence-electron chi connectivity index (χ4n) is 8.51. The van der Waals surface area contributed by atoms with Crippen LogP contribution in [0.4, 0.5) is 0 Å². The Morgan fingerprint density at radius 1 is 0.431 bits per heavy atom. The molecule has 7 aromatic carbocycles. The van der Waals surface area contributed by atoms with Crippen molar-refractivity contribution >= 4 is 82.0 Å². The highest BCUT2D eigenvalue weighted by atomic mass is 16.3. The van der Waals surface area contributed by atoms with Crippen LogP contribution >= 0.6 is 0 Å². The van der Waals surface area contributed by atoms with Gasteiger partial charge >= 0.3 is 0 Å². The van der Waals surface area contributed by atoms with Crippen molar-refractivity contribution in [2.75, 3.05) is 0 Å². The van der Waals surface area contributed by atoms with Crippen LogP contribution in [0.2, 0.25) is 0 Å². The molecule has 5 heterocycles. The molecule has 0 aliphatic heterocycles. The van der Waals surface area contributed by atoms with Crippen LogP contribution in [-0.2, 0) is 0 Å². The van der Waals surface area contributed by atoms with E-state index < -0.39 is 0 Å². The second kappa shape index (κ2) is 9.80. The van der Waals surface area contributed by atoms with Gasteiger partial charge in [0.05, 0.1) is 27.6 Å². The van der Waals surface area contributed by atoms with Crippen molar-refractivity contribution in [1.29, 1.82) is 0 Å². The second-order valence-corrected chi connectivity index (χ2v) is 13.4. The third kappa shape index (κ3) is 3.54. The lowest BCUT2D eigenvalue weighted by Gasteiger charge is -2.10. The lowest BCUT2D eigenvalue weighted by molar-refractivity contribution is 0.666. The number of hydrogen-bond donors (Lipinski definition) is 0. The third-order valence-electron chi connectivity index (χ3n) is 10.7. The predicted molar refractivity (Wildman–Crippen MR) is 209 cm³/mol. The highest BCUT2D eigenvalue weighted by molar-refractivity contribution is 6.35. The average Bonchev–Trinajstić information content (AvgIpc) is 3.93. The van der Waals surface area contributed by atoms with Crippen LogP contribution in [0.1, 0.15) is 0 Å². The molecular formula is C46H26N4O. The van der Waals surface area contributed by atoms with Crippen LogP contribution in [0.3, 0.4) is 0 Å². The topological polar surface area (TPSA) is 48.3 Å². The predicted octanol–water partition coefficient (Wildman–Crippen LogP) is 12.0. The van der Waals surface area contributed by atoms with Gasteiger partial charge in [-0.05, 0) is 47.5 Å². The molecule has 0 bridgehead atoms. The Balaban J connectivity index is 1.23. The Hall–Kier alpha value is -6.98. The van der Waals surface area contributed by atoms with E-state index in [1.807, 2.05) is 24.3 Å². The molecule has 12 aromatic rings. The quantitative estimate of drug-likeness (QED) is 0.191. The molecule has 236 valence electrons. The molecule has 0 radical (unpaired) electrons. The molecule has 0 N–H and O–H groups in total. The van der Waals surface area contributed by atoms with Crippen molar-refractivity contribution in [2.24, 2.45) is 0 Å². The van der Waals surface area contributed by atoms with Crippen molar-refractivity contribution in [2.45, 2.75) is 0 Å². The molecule has 0 atom stereocenters. The second-order valence-electron chi connectivity index (χ2n) is 13.4. The average molecular weight is 651 g/mol. The number of furan rings is 1. The SMILES string of the molecule is c1ccc(-c2ccc(-c3nc(-n4c5ccccc5c5c6c7ccccc7n7c8ccccc8c(cc54)c67)nc4c3oc3ccccc34)cc2)cc1. The molecular weight excluding hydrogens is 625 g/mol. The van der Waals surface area contributed by atoms with E-state index in [1.54, 1.807) is 0 Å². The van der Waals surface area contributed by atoms with E-state index in [-0.39, 0.29) is 0 Å². The number of rotatable bonds is 3. The highest BCUT2D eigenvalue weighted by Gasteiger charge is 2.26. The highest BCUT2D eigenvalue weighted by Crippen LogP contribution is 2.46. The maximum atomic E-state index is 6.54. The minimum atomic E-state index is 0.615. The van der Waals surface area contributed by atoms with E-state index in [0.717, 1.165) is 44.3 Å². The summed E-state index contributed by atoms with van der Waals surface area (Å²) in [5.74, 6) is 0.615. The maximum absolute atomic E-state index is 6.54. The number of fused-ring (bicyclic) bond motifs is 13. The van der Waals surface area contributed by atoms with Crippen LogP contribution < -0.4 is 0 Å². The number of para-hydroxylation sites is 4. The molecule has 0 spiro atoms. The van der Waals surface area contributed by atoms with Gasteiger partial charge in [0.25, 0.3) is 0 Å². The lowest BCUT2D eigenvalue weighted by Crippen LogP contribution is -2.03. The Labute approximate surface area is 290 Å². The number of hydrogen-bond acceptors (Lipinski definition) is 3. The van der Waals surface area contributed by atoms with Crippen molar-refractivity contribution in [1.82, 2.24) is 18.9 Å². The van der Waals surface area contributed by atoms with Crippen LogP contribution in [-0.4, -0.2) is 18.9 Å². The fourth-order valence-corrected chi connectivity index (χ4v) is 8.51. The van der Waals surface area contributed by atoms with E-state index >= 15 is 0 Å². The van der Waals surface area contributed by atoms with Crippen molar-refractivity contribution < 1.29 is 4.42 Å². The normalized spacial score (nSPS) is 12.3. The van der Waals surface area contributed by atoms with E-state index in [9.17, 15) is 0 Å². The zero-order valence-electron chi connectivity index (χ0n) is 27.2. The molecule has 5 heteroatoms. The molecule has 0 saturated carbocycles. The number of benzene rings is 7. The van der Waals surface area contributed by atoms with Crippen LogP contribution in [0.15, 0.2) is 162 Å². The molecule has 0 saturated heterocycles. The van der Waals surface area contributed by atoms with E-state index in [1.165, 1.54) is 54.4 Å². The Morgan fingerprint density at radius 3 is 1.80 bits per heavy atom. The van der Waals surface area contributed by atoms with Gasteiger partial charge in [0.1, 0.15) is 16.8 Å². The first-order chi connectivity index (χ1) is 25.3. The monoisotopic (exact) mass is 650 g/mol. The summed E-state index contributed by atoms with van der Waals surface area (Å²) in [5, 5.41) is 8.31. The van der Waals surface area contributed by atoms with E-state index in [2.05, 4.69) is 142 Å². The van der Waals surface area contributed by atoms with Gasteiger partial charge in [-0.1, -0.05) is 121 Å². The minimum Gasteiger partial charge on any atom is -0.452 e. The third-order valence-corrected chi connectivity index (χ3v) is 10.7. The van der Waals surface area contributed by atoms with Gasteiger partial charge in [-0.15, -0.1) is 0 Å². The van der Waals surface area contributed by atoms with Gasteiger partial charge < -0.3 is 8.82 Å². The van der Waals surface area contributed by atoms with Crippen LogP contribution in [0.5, 0.6) is 0 Å². The lowest BCUT2D eigenvalue weighted by atomic mass is 10.0. The molecule has 5 aromatic heterocycles. The molecule has 5 nitrogen and oxygen atoms in total. The molecule has 0 unspecified atom stereocenters. The Morgan fingerprint density at radius 2 is 1.02 bits per heavy atom. The first-order valence-corrected chi connectivity index (χ1v) is 17.3. The first-order valence-electron chi connectivity index (χ1n) is 17.3. The summed E-state index contributed by atoms with van der Waals surface area (Å²) in [5.41, 5.74) is 12.2. The summed E-state index contributed by atoms with van der Waals surface area (Å²) in [7, 11) is 0. The number of aromatic nitrogens is 4. The van der Waals surface area contributed by atoms with Gasteiger partial charge in [-0.2, -0.15) is 0 Å². The van der Waals surface area contributed by atoms with E-state index in [0.29, 0.717) is 11.5 Å². The maximum Gasteiger partial charge on any atom is 0.236 e. The Kier molecular flexibility index (Phi) is 5.17. The largest absolute Gasteiger partial charge is 0.452 e. The standard InChI is InChI=1S/C46H26N4O/c1-2-12-27(13-3-1)28-22-24-29(25-23-28)42-45-43(33-17-7-11-21-39(33)51-45)48-46(47-42)50-37-20-10-5-15-31(37)40-38(50)26-34-30-14-4-8-18-35(30)49-36-19-9-6-16-32(36)41(40)44(34)49/h1-26H. The zero-order chi connectivity index (χ0) is 33.2. The molecule has 0 amide bonds. The molecule has 51 heavy (non-hydrogen) atoms. The fraction of sp³-hybridized carbons (Fsp3) is 0.